The molecule has 0 heterocycles. The number of methoxy groups -OCH3 is 3. The zero-order valence-electron chi connectivity index (χ0n) is 13.3. The lowest BCUT2D eigenvalue weighted by atomic mass is 10.1. The highest BCUT2D eigenvalue weighted by Crippen LogP contribution is 2.38. The van der Waals surface area contributed by atoms with Gasteiger partial charge < -0.3 is 19.5 Å². The van der Waals surface area contributed by atoms with Crippen molar-refractivity contribution in [2.24, 2.45) is 0 Å². The van der Waals surface area contributed by atoms with Crippen molar-refractivity contribution in [3.63, 3.8) is 0 Å². The first-order valence-corrected chi connectivity index (χ1v) is 7.22. The summed E-state index contributed by atoms with van der Waals surface area (Å²) in [4.78, 5) is 0. The molecule has 1 atom stereocenters. The lowest BCUT2D eigenvalue weighted by Crippen LogP contribution is -2.27. The van der Waals surface area contributed by atoms with Crippen LogP contribution in [0.4, 0.5) is 0 Å². The van der Waals surface area contributed by atoms with E-state index in [0.29, 0.717) is 23.3 Å². The molecule has 20 heavy (non-hydrogen) atoms. The molecule has 1 N–H and O–H groups in total. The Bertz CT molecular complexity index is 382. The van der Waals surface area contributed by atoms with E-state index in [1.54, 1.807) is 21.3 Å². The zero-order chi connectivity index (χ0) is 15.0. The molecule has 1 aromatic carbocycles. The second-order valence-corrected chi connectivity index (χ2v) is 4.81. The van der Waals surface area contributed by atoms with Crippen LogP contribution in [0.1, 0.15) is 38.7 Å². The largest absolute Gasteiger partial charge is 0.493 e. The molecule has 0 aliphatic heterocycles. The SMILES string of the molecule is CCCC(CC)NCc1cc(OC)c(OC)c(OC)c1. The summed E-state index contributed by atoms with van der Waals surface area (Å²) in [5, 5.41) is 3.57. The van der Waals surface area contributed by atoms with Crippen molar-refractivity contribution < 1.29 is 14.2 Å². The minimum Gasteiger partial charge on any atom is -0.493 e. The van der Waals surface area contributed by atoms with E-state index in [1.165, 1.54) is 12.8 Å². The predicted molar refractivity (Wildman–Crippen MR) is 81.9 cm³/mol. The molecule has 0 fully saturated rings. The molecule has 0 spiro atoms. The van der Waals surface area contributed by atoms with Crippen molar-refractivity contribution in [3.05, 3.63) is 17.7 Å². The maximum absolute atomic E-state index is 5.37. The van der Waals surface area contributed by atoms with E-state index >= 15 is 0 Å². The van der Waals surface area contributed by atoms with E-state index in [9.17, 15) is 0 Å². The molecule has 0 amide bonds. The summed E-state index contributed by atoms with van der Waals surface area (Å²) in [6.45, 7) is 5.22. The minimum atomic E-state index is 0.555. The van der Waals surface area contributed by atoms with Crippen LogP contribution >= 0.6 is 0 Å². The third-order valence-corrected chi connectivity index (χ3v) is 3.45. The number of ether oxygens (including phenoxy) is 3. The summed E-state index contributed by atoms with van der Waals surface area (Å²) in [6.07, 6.45) is 3.53. The minimum absolute atomic E-state index is 0.555. The molecular weight excluding hydrogens is 254 g/mol. The molecule has 4 nitrogen and oxygen atoms in total. The van der Waals surface area contributed by atoms with Gasteiger partial charge in [0.2, 0.25) is 5.75 Å². The summed E-state index contributed by atoms with van der Waals surface area (Å²) < 4.78 is 16.1. The van der Waals surface area contributed by atoms with Crippen LogP contribution < -0.4 is 19.5 Å². The first kappa shape index (κ1) is 16.6. The Morgan fingerprint density at radius 3 is 2.00 bits per heavy atom. The Morgan fingerprint density at radius 1 is 1.00 bits per heavy atom. The number of rotatable bonds is 9. The van der Waals surface area contributed by atoms with E-state index in [1.807, 2.05) is 12.1 Å². The number of benzene rings is 1. The second-order valence-electron chi connectivity index (χ2n) is 4.81. The zero-order valence-corrected chi connectivity index (χ0v) is 13.3. The number of nitrogens with one attached hydrogen (secondary N) is 1. The van der Waals surface area contributed by atoms with Crippen LogP contribution in [0.5, 0.6) is 17.2 Å². The molecule has 0 aliphatic carbocycles. The highest BCUT2D eigenvalue weighted by atomic mass is 16.5. The second kappa shape index (κ2) is 8.69. The first-order chi connectivity index (χ1) is 9.69. The predicted octanol–water partition coefficient (Wildman–Crippen LogP) is 3.38. The Kier molecular flexibility index (Phi) is 7.23. The highest BCUT2D eigenvalue weighted by Gasteiger charge is 2.13. The first-order valence-electron chi connectivity index (χ1n) is 7.22. The third kappa shape index (κ3) is 4.30. The van der Waals surface area contributed by atoms with Gasteiger partial charge in [0.15, 0.2) is 11.5 Å². The Balaban J connectivity index is 2.85. The van der Waals surface area contributed by atoms with Crippen LogP contribution in [-0.4, -0.2) is 27.4 Å². The molecule has 0 aromatic heterocycles. The Hall–Kier alpha value is -1.42. The molecule has 0 aliphatic rings. The normalized spacial score (nSPS) is 12.1. The molecule has 1 unspecified atom stereocenters. The molecule has 114 valence electrons. The quantitative estimate of drug-likeness (QED) is 0.753. The van der Waals surface area contributed by atoms with E-state index in [-0.39, 0.29) is 0 Å². The molecule has 0 saturated carbocycles. The van der Waals surface area contributed by atoms with Gasteiger partial charge in [-0.1, -0.05) is 20.3 Å². The Morgan fingerprint density at radius 2 is 1.60 bits per heavy atom. The van der Waals surface area contributed by atoms with E-state index in [2.05, 4.69) is 19.2 Å². The van der Waals surface area contributed by atoms with E-state index < -0.39 is 0 Å². The van der Waals surface area contributed by atoms with Gasteiger partial charge in [0, 0.05) is 12.6 Å². The summed E-state index contributed by atoms with van der Waals surface area (Å²) >= 11 is 0. The maximum Gasteiger partial charge on any atom is 0.203 e. The van der Waals surface area contributed by atoms with E-state index in [0.717, 1.165) is 18.5 Å². The average molecular weight is 281 g/mol. The molecule has 1 aromatic rings. The van der Waals surface area contributed by atoms with E-state index in [4.69, 9.17) is 14.2 Å². The van der Waals surface area contributed by atoms with Gasteiger partial charge in [-0.3, -0.25) is 0 Å². The highest BCUT2D eigenvalue weighted by molar-refractivity contribution is 5.53. The van der Waals surface area contributed by atoms with Crippen molar-refractivity contribution in [2.45, 2.75) is 45.7 Å². The van der Waals surface area contributed by atoms with Gasteiger partial charge in [0.1, 0.15) is 0 Å². The van der Waals surface area contributed by atoms with Gasteiger partial charge >= 0.3 is 0 Å². The monoisotopic (exact) mass is 281 g/mol. The molecular formula is C16H27NO3. The molecule has 0 radical (unpaired) electrons. The van der Waals surface area contributed by atoms with Crippen molar-refractivity contribution >= 4 is 0 Å². The van der Waals surface area contributed by atoms with Crippen molar-refractivity contribution in [1.82, 2.24) is 5.32 Å². The van der Waals surface area contributed by atoms with Crippen molar-refractivity contribution in [1.29, 1.82) is 0 Å². The van der Waals surface area contributed by atoms with Crippen LogP contribution in [0.25, 0.3) is 0 Å². The van der Waals surface area contributed by atoms with Gasteiger partial charge in [-0.15, -0.1) is 0 Å². The molecule has 4 heteroatoms. The van der Waals surface area contributed by atoms with Gasteiger partial charge in [0.25, 0.3) is 0 Å². The fraction of sp³-hybridized carbons (Fsp3) is 0.625. The average Bonchev–Trinajstić information content (AvgIpc) is 2.49. The van der Waals surface area contributed by atoms with Crippen molar-refractivity contribution in [2.75, 3.05) is 21.3 Å². The number of hydrogen-bond donors (Lipinski definition) is 1. The van der Waals surface area contributed by atoms with Gasteiger partial charge in [-0.25, -0.2) is 0 Å². The topological polar surface area (TPSA) is 39.7 Å². The lowest BCUT2D eigenvalue weighted by Gasteiger charge is -2.18. The third-order valence-electron chi connectivity index (χ3n) is 3.45. The van der Waals surface area contributed by atoms with Crippen LogP contribution in [0, 0.1) is 0 Å². The summed E-state index contributed by atoms with van der Waals surface area (Å²) in [5.41, 5.74) is 1.13. The Labute approximate surface area is 122 Å². The van der Waals surface area contributed by atoms with Crippen LogP contribution in [-0.2, 0) is 6.54 Å². The molecule has 0 saturated heterocycles. The summed E-state index contributed by atoms with van der Waals surface area (Å²) in [6, 6.07) is 4.54. The standard InChI is InChI=1S/C16H27NO3/c1-6-8-13(7-2)17-11-12-9-14(18-3)16(20-5)15(10-12)19-4/h9-10,13,17H,6-8,11H2,1-5H3. The fourth-order valence-corrected chi connectivity index (χ4v) is 2.30. The molecule has 0 bridgehead atoms. The van der Waals surface area contributed by atoms with Crippen molar-refractivity contribution in [3.8, 4) is 17.2 Å². The van der Waals surface area contributed by atoms with Gasteiger partial charge in [-0.05, 0) is 30.5 Å². The van der Waals surface area contributed by atoms with Gasteiger partial charge in [-0.2, -0.15) is 0 Å². The summed E-state index contributed by atoms with van der Waals surface area (Å²) in [5.74, 6) is 2.04. The van der Waals surface area contributed by atoms with Crippen LogP contribution in [0.3, 0.4) is 0 Å². The maximum atomic E-state index is 5.37. The van der Waals surface area contributed by atoms with Crippen LogP contribution in [0.2, 0.25) is 0 Å². The molecule has 1 rings (SSSR count). The lowest BCUT2D eigenvalue weighted by molar-refractivity contribution is 0.323. The number of hydrogen-bond acceptors (Lipinski definition) is 4. The fourth-order valence-electron chi connectivity index (χ4n) is 2.30. The smallest absolute Gasteiger partial charge is 0.203 e. The van der Waals surface area contributed by atoms with Crippen LogP contribution in [0.15, 0.2) is 12.1 Å². The van der Waals surface area contributed by atoms with Gasteiger partial charge in [0.05, 0.1) is 21.3 Å². The summed E-state index contributed by atoms with van der Waals surface area (Å²) in [7, 11) is 4.90.